The van der Waals surface area contributed by atoms with Gasteiger partial charge < -0.3 is 4.74 Å². The average Bonchev–Trinajstić information content (AvgIpc) is 1.94. The minimum absolute atomic E-state index is 1.21. The van der Waals surface area contributed by atoms with Crippen molar-refractivity contribution in [3.8, 4) is 0 Å². The molecule has 0 radical (unpaired) electrons. The largest absolute Gasteiger partial charge is 0.473 e. The van der Waals surface area contributed by atoms with Crippen LogP contribution in [0.3, 0.4) is 0 Å². The zero-order valence-corrected chi connectivity index (χ0v) is 4.79. The molecule has 0 N–H and O–H groups in total. The number of ether oxygens (including phenoxy) is 1. The molecule has 0 amide bonds. The van der Waals surface area contributed by atoms with Crippen molar-refractivity contribution in [1.29, 1.82) is 0 Å². The first kappa shape index (κ1) is 5.16. The molecule has 1 nitrogen and oxygen atoms in total. The molecule has 1 heteroatoms. The van der Waals surface area contributed by atoms with Crippen molar-refractivity contribution in [3.05, 3.63) is 36.3 Å². The van der Waals surface area contributed by atoms with Gasteiger partial charge >= 0.3 is 0 Å². The smallest absolute Gasteiger partial charge is 0.0904 e. The third kappa shape index (κ3) is 1.26. The molecule has 1 aliphatic rings. The summed E-state index contributed by atoms with van der Waals surface area (Å²) in [6.07, 6.45) is 9.08. The van der Waals surface area contributed by atoms with E-state index in [9.17, 15) is 0 Å². The van der Waals surface area contributed by atoms with Crippen molar-refractivity contribution < 1.29 is 4.74 Å². The highest BCUT2D eigenvalue weighted by atomic mass is 16.5. The van der Waals surface area contributed by atoms with Crippen LogP contribution in [0.5, 0.6) is 0 Å². The number of hydrogen-bond donors (Lipinski definition) is 0. The zero-order chi connectivity index (χ0) is 5.82. The van der Waals surface area contributed by atoms with Gasteiger partial charge in [-0.25, -0.2) is 0 Å². The molecule has 1 rings (SSSR count). The number of hydrogen-bond acceptors (Lipinski definition) is 1. The molecule has 1 aliphatic heterocycles. The Bertz CT molecular complexity index is 152. The molecule has 0 spiro atoms. The maximum absolute atomic E-state index is 4.85. The van der Waals surface area contributed by atoms with Crippen molar-refractivity contribution in [1.82, 2.24) is 0 Å². The summed E-state index contributed by atoms with van der Waals surface area (Å²) < 4.78 is 4.85. The summed E-state index contributed by atoms with van der Waals surface area (Å²) in [6.45, 7) is 2.02. The summed E-state index contributed by atoms with van der Waals surface area (Å²) in [5.74, 6) is 0. The molecule has 0 aliphatic carbocycles. The van der Waals surface area contributed by atoms with Crippen molar-refractivity contribution in [2.24, 2.45) is 0 Å². The third-order valence-electron chi connectivity index (χ3n) is 0.926. The average molecular weight is 108 g/mol. The SMILES string of the molecule is CC1=CC=COC=C1. The Morgan fingerprint density at radius 2 is 2.25 bits per heavy atom. The van der Waals surface area contributed by atoms with E-state index in [4.69, 9.17) is 4.74 Å². The summed E-state index contributed by atoms with van der Waals surface area (Å²) in [6, 6.07) is 0. The number of rotatable bonds is 0. The monoisotopic (exact) mass is 108 g/mol. The van der Waals surface area contributed by atoms with Gasteiger partial charge in [-0.05, 0) is 24.6 Å². The predicted octanol–water partition coefficient (Wildman–Crippen LogP) is 1.99. The minimum atomic E-state index is 1.21. The fraction of sp³-hybridized carbons (Fsp3) is 0.143. The van der Waals surface area contributed by atoms with Crippen molar-refractivity contribution in [2.75, 3.05) is 0 Å². The van der Waals surface area contributed by atoms with E-state index < -0.39 is 0 Å². The maximum atomic E-state index is 4.85. The molecular weight excluding hydrogens is 100 g/mol. The highest BCUT2D eigenvalue weighted by Gasteiger charge is 1.80. The van der Waals surface area contributed by atoms with Crippen molar-refractivity contribution in [2.45, 2.75) is 6.92 Å². The van der Waals surface area contributed by atoms with E-state index >= 15 is 0 Å². The van der Waals surface area contributed by atoms with Crippen molar-refractivity contribution in [3.63, 3.8) is 0 Å². The fourth-order valence-electron chi connectivity index (χ4n) is 0.484. The Labute approximate surface area is 49.0 Å². The van der Waals surface area contributed by atoms with Gasteiger partial charge in [0.05, 0.1) is 12.5 Å². The molecular formula is C7H8O. The van der Waals surface area contributed by atoms with Crippen LogP contribution in [0.2, 0.25) is 0 Å². The molecule has 0 unspecified atom stereocenters. The normalized spacial score (nSPS) is 16.9. The van der Waals surface area contributed by atoms with Crippen LogP contribution in [0.4, 0.5) is 0 Å². The van der Waals surface area contributed by atoms with Gasteiger partial charge in [0, 0.05) is 0 Å². The van der Waals surface area contributed by atoms with Gasteiger partial charge in [0.15, 0.2) is 0 Å². The Morgan fingerprint density at radius 3 is 3.12 bits per heavy atom. The van der Waals surface area contributed by atoms with E-state index in [1.807, 2.05) is 25.2 Å². The summed E-state index contributed by atoms with van der Waals surface area (Å²) in [4.78, 5) is 0. The van der Waals surface area contributed by atoms with Gasteiger partial charge in [-0.15, -0.1) is 0 Å². The van der Waals surface area contributed by atoms with E-state index in [2.05, 4.69) is 0 Å². The van der Waals surface area contributed by atoms with E-state index in [0.717, 1.165) is 0 Å². The molecule has 0 aromatic carbocycles. The van der Waals surface area contributed by atoms with Crippen LogP contribution in [-0.4, -0.2) is 0 Å². The molecule has 42 valence electrons. The topological polar surface area (TPSA) is 9.23 Å². The molecule has 0 aromatic heterocycles. The highest BCUT2D eigenvalue weighted by Crippen LogP contribution is 1.99. The van der Waals surface area contributed by atoms with Crippen LogP contribution < -0.4 is 0 Å². The minimum Gasteiger partial charge on any atom is -0.473 e. The molecule has 0 saturated heterocycles. The van der Waals surface area contributed by atoms with Crippen LogP contribution in [0, 0.1) is 0 Å². The van der Waals surface area contributed by atoms with Gasteiger partial charge in [-0.3, -0.25) is 0 Å². The van der Waals surface area contributed by atoms with E-state index in [0.29, 0.717) is 0 Å². The molecule has 0 aromatic rings. The van der Waals surface area contributed by atoms with Crippen LogP contribution in [0.15, 0.2) is 36.3 Å². The molecule has 0 fully saturated rings. The van der Waals surface area contributed by atoms with E-state index in [1.54, 1.807) is 12.5 Å². The fourth-order valence-corrected chi connectivity index (χ4v) is 0.484. The lowest BCUT2D eigenvalue weighted by Gasteiger charge is -1.82. The summed E-state index contributed by atoms with van der Waals surface area (Å²) >= 11 is 0. The lowest BCUT2D eigenvalue weighted by Crippen LogP contribution is -1.61. The van der Waals surface area contributed by atoms with Gasteiger partial charge in [-0.2, -0.15) is 0 Å². The zero-order valence-electron chi connectivity index (χ0n) is 4.79. The molecule has 1 heterocycles. The first-order valence-electron chi connectivity index (χ1n) is 2.55. The van der Waals surface area contributed by atoms with E-state index in [-0.39, 0.29) is 0 Å². The highest BCUT2D eigenvalue weighted by molar-refractivity contribution is 5.21. The van der Waals surface area contributed by atoms with Gasteiger partial charge in [0.25, 0.3) is 0 Å². The quantitative estimate of drug-likeness (QED) is 0.461. The van der Waals surface area contributed by atoms with E-state index in [1.165, 1.54) is 5.57 Å². The first-order valence-corrected chi connectivity index (χ1v) is 2.55. The predicted molar refractivity (Wildman–Crippen MR) is 33.1 cm³/mol. The summed E-state index contributed by atoms with van der Waals surface area (Å²) in [7, 11) is 0. The third-order valence-corrected chi connectivity index (χ3v) is 0.926. The molecule has 0 bridgehead atoms. The Hall–Kier alpha value is -0.980. The van der Waals surface area contributed by atoms with Gasteiger partial charge in [0.2, 0.25) is 0 Å². The summed E-state index contributed by atoms with van der Waals surface area (Å²) in [5, 5.41) is 0. The lowest BCUT2D eigenvalue weighted by atomic mass is 10.3. The molecule has 8 heavy (non-hydrogen) atoms. The van der Waals surface area contributed by atoms with Crippen LogP contribution in [-0.2, 0) is 4.74 Å². The summed E-state index contributed by atoms with van der Waals surface area (Å²) in [5.41, 5.74) is 1.21. The Morgan fingerprint density at radius 1 is 1.38 bits per heavy atom. The van der Waals surface area contributed by atoms with Crippen LogP contribution in [0.1, 0.15) is 6.92 Å². The second-order valence-corrected chi connectivity index (χ2v) is 1.68. The molecule has 0 saturated carbocycles. The second-order valence-electron chi connectivity index (χ2n) is 1.68. The maximum Gasteiger partial charge on any atom is 0.0904 e. The van der Waals surface area contributed by atoms with Crippen molar-refractivity contribution >= 4 is 0 Å². The molecule has 0 atom stereocenters. The van der Waals surface area contributed by atoms with Crippen LogP contribution in [0.25, 0.3) is 0 Å². The Kier molecular flexibility index (Phi) is 1.52. The van der Waals surface area contributed by atoms with Crippen LogP contribution >= 0.6 is 0 Å². The van der Waals surface area contributed by atoms with Gasteiger partial charge in [0.1, 0.15) is 0 Å². The lowest BCUT2D eigenvalue weighted by molar-refractivity contribution is 0.403. The second kappa shape index (κ2) is 2.36. The van der Waals surface area contributed by atoms with Gasteiger partial charge in [-0.1, -0.05) is 6.08 Å². The Balaban J connectivity index is 2.73. The first-order chi connectivity index (χ1) is 3.89. The standard InChI is InChI=1S/C7H8O/c1-7-3-2-5-8-6-4-7/h2-6H,1H3. The number of allylic oxidation sites excluding steroid dienone is 4.